The number of halogens is 15. The van der Waals surface area contributed by atoms with Gasteiger partial charge in [-0.1, -0.05) is 12.1 Å². The molecular weight excluding hydrogens is 701 g/mol. The highest BCUT2D eigenvalue weighted by Gasteiger charge is 2.46. The van der Waals surface area contributed by atoms with Crippen LogP contribution in [0.3, 0.4) is 0 Å². The van der Waals surface area contributed by atoms with Gasteiger partial charge in [-0.3, -0.25) is 0 Å². The fourth-order valence-electron chi connectivity index (χ4n) is 5.23. The summed E-state index contributed by atoms with van der Waals surface area (Å²) < 4.78 is 211. The van der Waals surface area contributed by atoms with Crippen molar-refractivity contribution < 1.29 is 71.0 Å². The standard InChI is InChI=1S/C31H21F15N2O/c1-47(2)15-16-5-3-6-23(31(44,45)46)25(16)48-8-4-7-24(48)26(49,17-9-19(27(32,33)34)13-20(10-17)28(35,36)37)18-11-21(29(38,39)40)14-22(12-18)30(41,42)43/h3-14,49H,15H2,1-2H3. The molecule has 1 heterocycles. The summed E-state index contributed by atoms with van der Waals surface area (Å²) in [6.45, 7) is -0.307. The lowest BCUT2D eigenvalue weighted by Gasteiger charge is -2.34. The summed E-state index contributed by atoms with van der Waals surface area (Å²) in [5, 5.41) is 12.3. The van der Waals surface area contributed by atoms with E-state index in [0.29, 0.717) is 16.7 Å². The summed E-state index contributed by atoms with van der Waals surface area (Å²) in [7, 11) is 2.83. The first kappa shape index (κ1) is 37.6. The Morgan fingerprint density at radius 1 is 0.531 bits per heavy atom. The average Bonchev–Trinajstić information content (AvgIpc) is 3.43. The molecule has 0 amide bonds. The lowest BCUT2D eigenvalue weighted by Crippen LogP contribution is -2.34. The molecule has 3 aromatic carbocycles. The molecule has 0 fully saturated rings. The van der Waals surface area contributed by atoms with E-state index in [1.54, 1.807) is 0 Å². The molecule has 1 aromatic heterocycles. The first-order chi connectivity index (χ1) is 22.1. The highest BCUT2D eigenvalue weighted by Crippen LogP contribution is 2.47. The van der Waals surface area contributed by atoms with Crippen LogP contribution in [0.15, 0.2) is 72.9 Å². The Morgan fingerprint density at radius 2 is 0.918 bits per heavy atom. The summed E-state index contributed by atoms with van der Waals surface area (Å²) in [5.74, 6) is 0. The Morgan fingerprint density at radius 3 is 1.27 bits per heavy atom. The van der Waals surface area contributed by atoms with Crippen molar-refractivity contribution in [3.05, 3.63) is 123 Å². The lowest BCUT2D eigenvalue weighted by molar-refractivity contribution is -0.144. The van der Waals surface area contributed by atoms with Crippen molar-refractivity contribution in [1.29, 1.82) is 0 Å². The van der Waals surface area contributed by atoms with E-state index in [2.05, 4.69) is 0 Å². The maximum atomic E-state index is 14.4. The van der Waals surface area contributed by atoms with Crippen molar-refractivity contribution in [1.82, 2.24) is 9.47 Å². The molecule has 4 aromatic rings. The number of alkyl halides is 15. The van der Waals surface area contributed by atoms with Crippen LogP contribution in [0.4, 0.5) is 65.9 Å². The quantitative estimate of drug-likeness (QED) is 0.201. The van der Waals surface area contributed by atoms with Crippen molar-refractivity contribution in [2.75, 3.05) is 14.1 Å². The summed E-state index contributed by atoms with van der Waals surface area (Å²) >= 11 is 0. The molecule has 0 atom stereocenters. The molecule has 49 heavy (non-hydrogen) atoms. The van der Waals surface area contributed by atoms with Crippen molar-refractivity contribution in [2.45, 2.75) is 43.0 Å². The molecule has 1 N–H and O–H groups in total. The Hall–Kier alpha value is -4.19. The molecule has 0 aliphatic heterocycles. The second-order valence-electron chi connectivity index (χ2n) is 11.1. The molecule has 18 heteroatoms. The third-order valence-corrected chi connectivity index (χ3v) is 7.28. The van der Waals surface area contributed by atoms with Crippen LogP contribution in [0.1, 0.15) is 50.2 Å². The Balaban J connectivity index is 2.27. The van der Waals surface area contributed by atoms with Gasteiger partial charge in [-0.15, -0.1) is 0 Å². The van der Waals surface area contributed by atoms with Crippen LogP contribution in [-0.4, -0.2) is 28.7 Å². The zero-order chi connectivity index (χ0) is 37.1. The lowest BCUT2D eigenvalue weighted by atomic mass is 9.80. The molecule has 4 rings (SSSR count). The molecule has 266 valence electrons. The maximum Gasteiger partial charge on any atom is 0.418 e. The van der Waals surface area contributed by atoms with E-state index in [9.17, 15) is 71.0 Å². The van der Waals surface area contributed by atoms with Crippen LogP contribution in [0.2, 0.25) is 0 Å². The number of hydrogen-bond acceptors (Lipinski definition) is 2. The van der Waals surface area contributed by atoms with Gasteiger partial charge in [0.05, 0.1) is 39.2 Å². The highest BCUT2D eigenvalue weighted by molar-refractivity contribution is 5.56. The van der Waals surface area contributed by atoms with E-state index in [4.69, 9.17) is 0 Å². The monoisotopic (exact) mass is 722 g/mol. The van der Waals surface area contributed by atoms with Crippen LogP contribution >= 0.6 is 0 Å². The number of rotatable bonds is 6. The summed E-state index contributed by atoms with van der Waals surface area (Å²) in [6.07, 6.45) is -26.9. The van der Waals surface area contributed by atoms with Crippen LogP contribution < -0.4 is 0 Å². The van der Waals surface area contributed by atoms with Gasteiger partial charge in [0.25, 0.3) is 0 Å². The van der Waals surface area contributed by atoms with Crippen LogP contribution in [0, 0.1) is 0 Å². The van der Waals surface area contributed by atoms with Gasteiger partial charge < -0.3 is 14.6 Å². The van der Waals surface area contributed by atoms with Crippen molar-refractivity contribution in [3.8, 4) is 5.69 Å². The highest BCUT2D eigenvalue weighted by atomic mass is 19.4. The SMILES string of the molecule is CN(C)Cc1cccc(C(F)(F)F)c1-n1cccc1C(O)(c1cc(C(F)(F)F)cc(C(F)(F)F)c1)c1cc(C(F)(F)F)cc(C(F)(F)F)c1. The zero-order valence-corrected chi connectivity index (χ0v) is 24.6. The first-order valence-corrected chi connectivity index (χ1v) is 13.5. The van der Waals surface area contributed by atoms with Gasteiger partial charge in [0.15, 0.2) is 5.60 Å². The molecule has 0 bridgehead atoms. The molecule has 3 nitrogen and oxygen atoms in total. The van der Waals surface area contributed by atoms with Gasteiger partial charge in [-0.2, -0.15) is 65.9 Å². The minimum absolute atomic E-state index is 0.142. The zero-order valence-electron chi connectivity index (χ0n) is 24.6. The second kappa shape index (κ2) is 12.3. The largest absolute Gasteiger partial charge is 0.418 e. The number of aliphatic hydroxyl groups is 1. The normalized spacial score (nSPS) is 13.8. The van der Waals surface area contributed by atoms with Crippen molar-refractivity contribution in [2.24, 2.45) is 0 Å². The van der Waals surface area contributed by atoms with E-state index in [0.717, 1.165) is 24.4 Å². The molecule has 0 spiro atoms. The number of para-hydroxylation sites is 1. The maximum absolute atomic E-state index is 14.4. The fraction of sp³-hybridized carbons (Fsp3) is 0.290. The molecule has 0 saturated carbocycles. The molecule has 0 aliphatic carbocycles. The smallest absolute Gasteiger partial charge is 0.375 e. The van der Waals surface area contributed by atoms with E-state index in [-0.39, 0.29) is 36.4 Å². The molecular formula is C31H21F15N2O. The Bertz CT molecular complexity index is 1680. The third kappa shape index (κ3) is 7.69. The van der Waals surface area contributed by atoms with Gasteiger partial charge >= 0.3 is 30.9 Å². The average molecular weight is 722 g/mol. The summed E-state index contributed by atoms with van der Waals surface area (Å²) in [5.41, 5.74) is -19.1. The molecule has 0 saturated heterocycles. The fourth-order valence-corrected chi connectivity index (χ4v) is 5.23. The van der Waals surface area contributed by atoms with Gasteiger partial charge in [-0.25, -0.2) is 0 Å². The molecule has 0 unspecified atom stereocenters. The van der Waals surface area contributed by atoms with E-state index < -0.39 is 98.9 Å². The Labute approximate surface area is 266 Å². The van der Waals surface area contributed by atoms with E-state index in [1.165, 1.54) is 19.0 Å². The van der Waals surface area contributed by atoms with Gasteiger partial charge in [0, 0.05) is 12.7 Å². The predicted molar refractivity (Wildman–Crippen MR) is 143 cm³/mol. The van der Waals surface area contributed by atoms with Crippen molar-refractivity contribution >= 4 is 0 Å². The van der Waals surface area contributed by atoms with Crippen LogP contribution in [0.5, 0.6) is 0 Å². The minimum Gasteiger partial charge on any atom is -0.375 e. The minimum atomic E-state index is -5.62. The summed E-state index contributed by atoms with van der Waals surface area (Å²) in [6, 6.07) is 2.75. The van der Waals surface area contributed by atoms with Crippen LogP contribution in [-0.2, 0) is 43.0 Å². The Kier molecular flexibility index (Phi) is 9.44. The van der Waals surface area contributed by atoms with Crippen LogP contribution in [0.25, 0.3) is 5.69 Å². The number of aromatic nitrogens is 1. The van der Waals surface area contributed by atoms with E-state index >= 15 is 0 Å². The molecule has 0 radical (unpaired) electrons. The van der Waals surface area contributed by atoms with Crippen molar-refractivity contribution in [3.63, 3.8) is 0 Å². The first-order valence-electron chi connectivity index (χ1n) is 13.5. The third-order valence-electron chi connectivity index (χ3n) is 7.28. The number of benzene rings is 3. The number of hydrogen-bond donors (Lipinski definition) is 1. The molecule has 0 aliphatic rings. The topological polar surface area (TPSA) is 28.4 Å². The second-order valence-corrected chi connectivity index (χ2v) is 11.1. The van der Waals surface area contributed by atoms with Gasteiger partial charge in [0.2, 0.25) is 0 Å². The van der Waals surface area contributed by atoms with Gasteiger partial charge in [-0.05, 0) is 85.4 Å². The van der Waals surface area contributed by atoms with Gasteiger partial charge in [0.1, 0.15) is 0 Å². The van der Waals surface area contributed by atoms with E-state index in [1.807, 2.05) is 0 Å². The number of nitrogens with zero attached hydrogens (tertiary/aromatic N) is 2. The summed E-state index contributed by atoms with van der Waals surface area (Å²) in [4.78, 5) is 1.36. The predicted octanol–water partition coefficient (Wildman–Crippen LogP) is 9.92.